The van der Waals surface area contributed by atoms with Crippen LogP contribution in [0.4, 0.5) is 5.69 Å². The maximum atomic E-state index is 11.6. The predicted molar refractivity (Wildman–Crippen MR) is 74.4 cm³/mol. The number of carbonyl (C=O) groups excluding carboxylic acids is 2. The number of hydrogen-bond donors (Lipinski definition) is 1. The third kappa shape index (κ3) is 5.15. The molecule has 0 saturated carbocycles. The second kappa shape index (κ2) is 8.01. The van der Waals surface area contributed by atoms with Crippen LogP contribution in [0, 0.1) is 6.92 Å². The van der Waals surface area contributed by atoms with E-state index in [0.29, 0.717) is 11.4 Å². The molecular formula is C13H15BNO5. The molecule has 6 nitrogen and oxygen atoms in total. The van der Waals surface area contributed by atoms with Crippen molar-refractivity contribution in [2.75, 3.05) is 19.4 Å². The number of rotatable bonds is 6. The summed E-state index contributed by atoms with van der Waals surface area (Å²) in [6, 6.07) is 5.23. The van der Waals surface area contributed by atoms with E-state index < -0.39 is 11.9 Å². The van der Waals surface area contributed by atoms with E-state index in [1.165, 1.54) is 21.8 Å². The van der Waals surface area contributed by atoms with Crippen molar-refractivity contribution in [1.29, 1.82) is 0 Å². The summed E-state index contributed by atoms with van der Waals surface area (Å²) in [5, 5.41) is 2.84. The Morgan fingerprint density at radius 3 is 2.55 bits per heavy atom. The molecule has 0 saturated heterocycles. The molecule has 0 aliphatic heterocycles. The molecule has 1 aromatic rings. The topological polar surface area (TPSA) is 73.9 Å². The van der Waals surface area contributed by atoms with Crippen molar-refractivity contribution in [3.05, 3.63) is 35.9 Å². The van der Waals surface area contributed by atoms with Gasteiger partial charge in [-0.25, -0.2) is 9.59 Å². The molecule has 0 atom stereocenters. The van der Waals surface area contributed by atoms with Crippen molar-refractivity contribution in [2.45, 2.75) is 6.92 Å². The molecule has 0 heterocycles. The summed E-state index contributed by atoms with van der Waals surface area (Å²) in [7, 11) is 4.07. The number of aryl methyl sites for hydroxylation is 1. The second-order valence-electron chi connectivity index (χ2n) is 3.78. The molecule has 20 heavy (non-hydrogen) atoms. The first-order chi connectivity index (χ1) is 9.56. The molecular weight excluding hydrogens is 261 g/mol. The van der Waals surface area contributed by atoms with Crippen molar-refractivity contribution in [2.24, 2.45) is 0 Å². The smallest absolute Gasteiger partial charge is 0.436 e. The summed E-state index contributed by atoms with van der Waals surface area (Å²) in [6.45, 7) is 1.90. The van der Waals surface area contributed by atoms with Crippen LogP contribution in [0.25, 0.3) is 0 Å². The van der Waals surface area contributed by atoms with E-state index in [1.807, 2.05) is 6.92 Å². The van der Waals surface area contributed by atoms with Crippen LogP contribution in [0.5, 0.6) is 5.75 Å². The van der Waals surface area contributed by atoms with Gasteiger partial charge in [-0.2, -0.15) is 0 Å². The van der Waals surface area contributed by atoms with Gasteiger partial charge in [0, 0.05) is 19.3 Å². The average Bonchev–Trinajstić information content (AvgIpc) is 2.44. The Morgan fingerprint density at radius 2 is 1.90 bits per heavy atom. The number of ether oxygens (including phenoxy) is 2. The SMILES string of the molecule is CO[B]Nc1cc(C)ccc1OC(=O)/C=C/C(=O)OC. The van der Waals surface area contributed by atoms with Crippen molar-refractivity contribution in [3.8, 4) is 5.75 Å². The predicted octanol–water partition coefficient (Wildman–Crippen LogP) is 1.22. The minimum atomic E-state index is -0.681. The molecule has 1 N–H and O–H groups in total. The largest absolute Gasteiger partial charge is 0.466 e. The number of carbonyl (C=O) groups is 2. The normalized spacial score (nSPS) is 10.2. The Balaban J connectivity index is 2.78. The molecule has 0 amide bonds. The number of methoxy groups -OCH3 is 1. The molecule has 0 fully saturated rings. The van der Waals surface area contributed by atoms with Crippen LogP contribution in [0.2, 0.25) is 0 Å². The van der Waals surface area contributed by atoms with Crippen LogP contribution >= 0.6 is 0 Å². The van der Waals surface area contributed by atoms with E-state index in [9.17, 15) is 9.59 Å². The van der Waals surface area contributed by atoms with E-state index in [2.05, 4.69) is 9.96 Å². The van der Waals surface area contributed by atoms with E-state index in [4.69, 9.17) is 9.39 Å². The highest BCUT2D eigenvalue weighted by Crippen LogP contribution is 2.25. The first-order valence-corrected chi connectivity index (χ1v) is 5.76. The molecule has 0 aromatic heterocycles. The summed E-state index contributed by atoms with van der Waals surface area (Å²) in [5.74, 6) is -0.986. The monoisotopic (exact) mass is 276 g/mol. The number of nitrogens with one attached hydrogen (secondary N) is 1. The fourth-order valence-corrected chi connectivity index (χ4v) is 1.31. The van der Waals surface area contributed by atoms with E-state index in [0.717, 1.165) is 17.7 Å². The first-order valence-electron chi connectivity index (χ1n) is 5.76. The van der Waals surface area contributed by atoms with Gasteiger partial charge >= 0.3 is 19.6 Å². The van der Waals surface area contributed by atoms with Gasteiger partial charge in [-0.1, -0.05) is 6.07 Å². The van der Waals surface area contributed by atoms with Crippen molar-refractivity contribution in [3.63, 3.8) is 0 Å². The summed E-state index contributed by atoms with van der Waals surface area (Å²) in [6.07, 6.45) is 1.99. The maximum Gasteiger partial charge on any atom is 0.436 e. The van der Waals surface area contributed by atoms with Gasteiger partial charge in [-0.15, -0.1) is 0 Å². The van der Waals surface area contributed by atoms with Crippen LogP contribution in [-0.2, 0) is 19.0 Å². The lowest BCUT2D eigenvalue weighted by Crippen LogP contribution is -2.12. The van der Waals surface area contributed by atoms with Crippen molar-refractivity contribution < 1.29 is 23.7 Å². The Kier molecular flexibility index (Phi) is 6.32. The van der Waals surface area contributed by atoms with Gasteiger partial charge < -0.3 is 19.4 Å². The molecule has 0 bridgehead atoms. The van der Waals surface area contributed by atoms with Crippen molar-refractivity contribution >= 4 is 25.2 Å². The lowest BCUT2D eigenvalue weighted by atomic mass is 10.1. The molecule has 0 aliphatic carbocycles. The Labute approximate surface area is 118 Å². The molecule has 0 unspecified atom stereocenters. The first kappa shape index (κ1) is 15.8. The van der Waals surface area contributed by atoms with Gasteiger partial charge in [0.15, 0.2) is 5.75 Å². The molecule has 0 spiro atoms. The van der Waals surface area contributed by atoms with Gasteiger partial charge in [0.2, 0.25) is 0 Å². The Hall–Kier alpha value is -2.28. The van der Waals surface area contributed by atoms with Crippen LogP contribution in [0.3, 0.4) is 0 Å². The van der Waals surface area contributed by atoms with Crippen LogP contribution in [0.15, 0.2) is 30.4 Å². The summed E-state index contributed by atoms with van der Waals surface area (Å²) in [5.41, 5.74) is 1.56. The summed E-state index contributed by atoms with van der Waals surface area (Å²) >= 11 is 0. The Bertz CT molecular complexity index is 515. The van der Waals surface area contributed by atoms with E-state index in [1.54, 1.807) is 18.2 Å². The van der Waals surface area contributed by atoms with Gasteiger partial charge in [0.25, 0.3) is 0 Å². The zero-order valence-corrected chi connectivity index (χ0v) is 11.5. The molecule has 105 valence electrons. The number of benzene rings is 1. The van der Waals surface area contributed by atoms with Crippen LogP contribution in [0.1, 0.15) is 5.56 Å². The quantitative estimate of drug-likeness (QED) is 0.364. The summed E-state index contributed by atoms with van der Waals surface area (Å²) < 4.78 is 14.3. The van der Waals surface area contributed by atoms with Gasteiger partial charge in [0.1, 0.15) is 0 Å². The minimum absolute atomic E-state index is 0.323. The number of esters is 2. The fourth-order valence-electron chi connectivity index (χ4n) is 1.31. The van der Waals surface area contributed by atoms with Gasteiger partial charge in [0.05, 0.1) is 12.8 Å². The third-order valence-electron chi connectivity index (χ3n) is 2.23. The third-order valence-corrected chi connectivity index (χ3v) is 2.23. The zero-order valence-electron chi connectivity index (χ0n) is 11.5. The molecule has 7 heteroatoms. The maximum absolute atomic E-state index is 11.6. The molecule has 1 radical (unpaired) electrons. The van der Waals surface area contributed by atoms with Crippen LogP contribution in [-0.4, -0.2) is 33.8 Å². The van der Waals surface area contributed by atoms with E-state index >= 15 is 0 Å². The lowest BCUT2D eigenvalue weighted by Gasteiger charge is -2.10. The highest BCUT2D eigenvalue weighted by Gasteiger charge is 2.08. The second-order valence-corrected chi connectivity index (χ2v) is 3.78. The van der Waals surface area contributed by atoms with E-state index in [-0.39, 0.29) is 0 Å². The molecule has 1 aromatic carbocycles. The lowest BCUT2D eigenvalue weighted by molar-refractivity contribution is -0.135. The number of hydrogen-bond acceptors (Lipinski definition) is 6. The van der Waals surface area contributed by atoms with Crippen LogP contribution < -0.4 is 9.96 Å². The van der Waals surface area contributed by atoms with Crippen molar-refractivity contribution in [1.82, 2.24) is 0 Å². The fraction of sp³-hybridized carbons (Fsp3) is 0.231. The average molecular weight is 276 g/mol. The summed E-state index contributed by atoms with van der Waals surface area (Å²) in [4.78, 5) is 22.4. The molecule has 1 rings (SSSR count). The standard InChI is InChI=1S/C13H15BNO5/c1-9-4-5-11(10(8-9)15-14-19-3)20-13(17)7-6-12(16)18-2/h4-8,15H,1-3H3/b7-6+. The highest BCUT2D eigenvalue weighted by atomic mass is 16.5. The highest BCUT2D eigenvalue weighted by molar-refractivity contribution is 6.32. The zero-order chi connectivity index (χ0) is 15.0. The Morgan fingerprint density at radius 1 is 1.20 bits per heavy atom. The van der Waals surface area contributed by atoms with Gasteiger partial charge in [-0.05, 0) is 24.6 Å². The minimum Gasteiger partial charge on any atom is -0.466 e. The number of anilines is 1. The van der Waals surface area contributed by atoms with Gasteiger partial charge in [-0.3, -0.25) is 0 Å². The molecule has 0 aliphatic rings.